The molecule has 0 unspecified atom stereocenters. The summed E-state index contributed by atoms with van der Waals surface area (Å²) in [5, 5.41) is 2.97. The highest BCUT2D eigenvalue weighted by Crippen LogP contribution is 2.23. The van der Waals surface area contributed by atoms with E-state index < -0.39 is 0 Å². The smallest absolute Gasteiger partial charge is 0.233 e. The van der Waals surface area contributed by atoms with Gasteiger partial charge in [0.15, 0.2) is 0 Å². The highest BCUT2D eigenvalue weighted by Gasteiger charge is 2.15. The number of aryl methyl sites for hydroxylation is 1. The number of likely N-dealkylation sites (tertiary alicyclic amines) is 1. The largest absolute Gasteiger partial charge is 0.351 e. The third-order valence-electron chi connectivity index (χ3n) is 4.77. The van der Waals surface area contributed by atoms with Gasteiger partial charge < -0.3 is 5.32 Å². The van der Waals surface area contributed by atoms with E-state index in [9.17, 15) is 4.79 Å². The van der Waals surface area contributed by atoms with Gasteiger partial charge in [0.25, 0.3) is 0 Å². The molecule has 1 aliphatic rings. The molecule has 0 aliphatic carbocycles. The van der Waals surface area contributed by atoms with Gasteiger partial charge >= 0.3 is 0 Å². The molecule has 0 saturated carbocycles. The molecule has 138 valence electrons. The molecule has 2 aromatic carbocycles. The first-order chi connectivity index (χ1) is 12.6. The molecule has 1 fully saturated rings. The van der Waals surface area contributed by atoms with Crippen LogP contribution in [-0.4, -0.2) is 29.1 Å². The molecule has 0 aromatic heterocycles. The number of hydrogen-bond donors (Lipinski definition) is 1. The lowest BCUT2D eigenvalue weighted by atomic mass is 10.1. The quantitative estimate of drug-likeness (QED) is 0.736. The predicted molar refractivity (Wildman–Crippen MR) is 109 cm³/mol. The Kier molecular flexibility index (Phi) is 6.75. The van der Waals surface area contributed by atoms with Crippen molar-refractivity contribution in [3.63, 3.8) is 0 Å². The van der Waals surface area contributed by atoms with Crippen LogP contribution in [0.25, 0.3) is 0 Å². The third kappa shape index (κ3) is 5.61. The molecule has 1 atom stereocenters. The molecule has 1 amide bonds. The van der Waals surface area contributed by atoms with Crippen molar-refractivity contribution < 1.29 is 4.79 Å². The minimum atomic E-state index is -0.106. The number of benzene rings is 2. The maximum absolute atomic E-state index is 12.4. The summed E-state index contributed by atoms with van der Waals surface area (Å²) < 4.78 is 0. The molecule has 1 N–H and O–H groups in total. The fourth-order valence-corrected chi connectivity index (χ4v) is 4.14. The Morgan fingerprint density at radius 3 is 2.54 bits per heavy atom. The zero-order valence-corrected chi connectivity index (χ0v) is 16.5. The summed E-state index contributed by atoms with van der Waals surface area (Å²) in [5.74, 6) is 0.0838. The van der Waals surface area contributed by atoms with E-state index in [0.717, 1.165) is 11.4 Å². The first-order valence-corrected chi connectivity index (χ1v) is 10.3. The second-order valence-corrected chi connectivity index (χ2v) is 8.51. The molecule has 3 nitrogen and oxygen atoms in total. The number of nitrogens with zero attached hydrogens (tertiary/aromatic N) is 1. The second-order valence-electron chi connectivity index (χ2n) is 7.09. The van der Waals surface area contributed by atoms with Crippen molar-refractivity contribution in [2.45, 2.75) is 49.9 Å². The van der Waals surface area contributed by atoms with E-state index in [1.807, 2.05) is 6.92 Å². The molecule has 0 bridgehead atoms. The van der Waals surface area contributed by atoms with Gasteiger partial charge in [0.1, 0.15) is 0 Å². The van der Waals surface area contributed by atoms with Gasteiger partial charge in [-0.15, -0.1) is 11.8 Å². The molecule has 1 heterocycles. The van der Waals surface area contributed by atoms with Gasteiger partial charge in [0.05, 0.1) is 5.25 Å². The molecule has 3 rings (SSSR count). The van der Waals surface area contributed by atoms with E-state index >= 15 is 0 Å². The third-order valence-corrected chi connectivity index (χ3v) is 5.88. The van der Waals surface area contributed by atoms with Crippen LogP contribution in [0.4, 0.5) is 0 Å². The normalized spacial score (nSPS) is 15.8. The molecule has 1 saturated heterocycles. The Morgan fingerprint density at radius 1 is 1.12 bits per heavy atom. The van der Waals surface area contributed by atoms with Crippen molar-refractivity contribution in [2.75, 3.05) is 13.1 Å². The van der Waals surface area contributed by atoms with Crippen molar-refractivity contribution in [3.05, 3.63) is 65.2 Å². The summed E-state index contributed by atoms with van der Waals surface area (Å²) in [6, 6.07) is 16.9. The lowest BCUT2D eigenvalue weighted by Gasteiger charge is -2.16. The van der Waals surface area contributed by atoms with Crippen molar-refractivity contribution in [1.29, 1.82) is 0 Å². The SMILES string of the molecule is Cc1ccc(S[C@@H](C)C(=O)NCc2cccc(CN3CCCC3)c2)cc1. The standard InChI is InChI=1S/C22H28N2OS/c1-17-8-10-21(11-9-17)26-18(2)22(25)23-15-19-6-5-7-20(14-19)16-24-12-3-4-13-24/h5-11,14,18H,3-4,12-13,15-16H2,1-2H3,(H,23,25)/t18-/m0/s1. The second kappa shape index (κ2) is 9.24. The minimum Gasteiger partial charge on any atom is -0.351 e. The van der Waals surface area contributed by atoms with Crippen LogP contribution in [-0.2, 0) is 17.9 Å². The predicted octanol–water partition coefficient (Wildman–Crippen LogP) is 4.39. The van der Waals surface area contributed by atoms with Gasteiger partial charge in [-0.2, -0.15) is 0 Å². The maximum Gasteiger partial charge on any atom is 0.233 e. The number of amides is 1. The first kappa shape index (κ1) is 19.0. The van der Waals surface area contributed by atoms with Gasteiger partial charge in [-0.25, -0.2) is 0 Å². The van der Waals surface area contributed by atoms with Crippen LogP contribution in [0.5, 0.6) is 0 Å². The number of thioether (sulfide) groups is 1. The van der Waals surface area contributed by atoms with Crippen LogP contribution in [0.15, 0.2) is 53.4 Å². The highest BCUT2D eigenvalue weighted by molar-refractivity contribution is 8.00. The van der Waals surface area contributed by atoms with Gasteiger partial charge in [0, 0.05) is 18.0 Å². The zero-order chi connectivity index (χ0) is 18.4. The molecule has 0 spiro atoms. The number of carbonyl (C=O) groups excluding carboxylic acids is 1. The molecule has 1 aliphatic heterocycles. The van der Waals surface area contributed by atoms with E-state index in [1.54, 1.807) is 11.8 Å². The average molecular weight is 369 g/mol. The Bertz CT molecular complexity index is 723. The molecular formula is C22H28N2OS. The molecule has 4 heteroatoms. The molecule has 2 aromatic rings. The summed E-state index contributed by atoms with van der Waals surface area (Å²) in [7, 11) is 0. The highest BCUT2D eigenvalue weighted by atomic mass is 32.2. The Balaban J connectivity index is 1.49. The number of carbonyl (C=O) groups is 1. The fourth-order valence-electron chi connectivity index (χ4n) is 3.24. The summed E-state index contributed by atoms with van der Waals surface area (Å²) >= 11 is 1.60. The number of rotatable bonds is 7. The van der Waals surface area contributed by atoms with Crippen LogP contribution < -0.4 is 5.32 Å². The van der Waals surface area contributed by atoms with E-state index in [-0.39, 0.29) is 11.2 Å². The lowest BCUT2D eigenvalue weighted by molar-refractivity contribution is -0.120. The molecule has 0 radical (unpaired) electrons. The molecular weight excluding hydrogens is 340 g/mol. The summed E-state index contributed by atoms with van der Waals surface area (Å²) in [4.78, 5) is 16.0. The average Bonchev–Trinajstić information content (AvgIpc) is 3.15. The van der Waals surface area contributed by atoms with Gasteiger partial charge in [0.2, 0.25) is 5.91 Å². The van der Waals surface area contributed by atoms with Crippen LogP contribution in [0, 0.1) is 6.92 Å². The molecule has 26 heavy (non-hydrogen) atoms. The van der Waals surface area contributed by atoms with E-state index in [4.69, 9.17) is 0 Å². The Labute approximate surface area is 161 Å². The fraction of sp³-hybridized carbons (Fsp3) is 0.409. The van der Waals surface area contributed by atoms with Crippen LogP contribution in [0.2, 0.25) is 0 Å². The summed E-state index contributed by atoms with van der Waals surface area (Å²) in [6.45, 7) is 8.04. The number of hydrogen-bond acceptors (Lipinski definition) is 3. The van der Waals surface area contributed by atoms with E-state index in [0.29, 0.717) is 6.54 Å². The minimum absolute atomic E-state index is 0.0838. The van der Waals surface area contributed by atoms with Crippen LogP contribution in [0.3, 0.4) is 0 Å². The Hall–Kier alpha value is -1.78. The van der Waals surface area contributed by atoms with Crippen molar-refractivity contribution in [2.24, 2.45) is 0 Å². The van der Waals surface area contributed by atoms with Gasteiger partial charge in [-0.3, -0.25) is 9.69 Å². The van der Waals surface area contributed by atoms with Crippen LogP contribution in [0.1, 0.15) is 36.5 Å². The topological polar surface area (TPSA) is 32.3 Å². The van der Waals surface area contributed by atoms with Crippen molar-refractivity contribution in [1.82, 2.24) is 10.2 Å². The Morgan fingerprint density at radius 2 is 1.81 bits per heavy atom. The van der Waals surface area contributed by atoms with Gasteiger partial charge in [-0.1, -0.05) is 42.0 Å². The first-order valence-electron chi connectivity index (χ1n) is 9.41. The number of nitrogens with one attached hydrogen (secondary N) is 1. The lowest BCUT2D eigenvalue weighted by Crippen LogP contribution is -2.30. The van der Waals surface area contributed by atoms with E-state index in [1.165, 1.54) is 42.6 Å². The van der Waals surface area contributed by atoms with Gasteiger partial charge in [-0.05, 0) is 63.0 Å². The summed E-state index contributed by atoms with van der Waals surface area (Å²) in [6.07, 6.45) is 2.62. The van der Waals surface area contributed by atoms with Crippen LogP contribution >= 0.6 is 11.8 Å². The maximum atomic E-state index is 12.4. The summed E-state index contributed by atoms with van der Waals surface area (Å²) in [5.41, 5.74) is 3.74. The monoisotopic (exact) mass is 368 g/mol. The van der Waals surface area contributed by atoms with Crippen molar-refractivity contribution >= 4 is 17.7 Å². The van der Waals surface area contributed by atoms with E-state index in [2.05, 4.69) is 65.7 Å². The van der Waals surface area contributed by atoms with Crippen molar-refractivity contribution in [3.8, 4) is 0 Å². The zero-order valence-electron chi connectivity index (χ0n) is 15.7.